The zero-order valence-corrected chi connectivity index (χ0v) is 12.3. The molecular weight excluding hydrogens is 254 g/mol. The predicted molar refractivity (Wildman–Crippen MR) is 77.5 cm³/mol. The van der Waals surface area contributed by atoms with Gasteiger partial charge in [0, 0.05) is 37.2 Å². The zero-order chi connectivity index (χ0) is 14.1. The SMILES string of the molecule is NC1(CNC(=O)N2CCCC3(CCCOC3)C2)CCC1. The highest BCUT2D eigenvalue weighted by atomic mass is 16.5. The van der Waals surface area contributed by atoms with Crippen molar-refractivity contribution in [2.24, 2.45) is 11.1 Å². The van der Waals surface area contributed by atoms with E-state index in [0.717, 1.165) is 52.0 Å². The van der Waals surface area contributed by atoms with Crippen LogP contribution in [0.4, 0.5) is 4.79 Å². The fraction of sp³-hybridized carbons (Fsp3) is 0.933. The quantitative estimate of drug-likeness (QED) is 0.805. The van der Waals surface area contributed by atoms with Gasteiger partial charge in [0.2, 0.25) is 0 Å². The maximum atomic E-state index is 12.3. The molecule has 3 N–H and O–H groups in total. The smallest absolute Gasteiger partial charge is 0.317 e. The number of nitrogens with zero attached hydrogens (tertiary/aromatic N) is 1. The zero-order valence-electron chi connectivity index (χ0n) is 12.3. The molecule has 1 unspecified atom stereocenters. The van der Waals surface area contributed by atoms with Crippen molar-refractivity contribution in [3.8, 4) is 0 Å². The lowest BCUT2D eigenvalue weighted by Crippen LogP contribution is -2.58. The Hall–Kier alpha value is -0.810. The molecule has 2 heterocycles. The Bertz CT molecular complexity index is 357. The van der Waals surface area contributed by atoms with E-state index < -0.39 is 0 Å². The van der Waals surface area contributed by atoms with Gasteiger partial charge in [-0.1, -0.05) is 0 Å². The van der Waals surface area contributed by atoms with Crippen LogP contribution in [0.3, 0.4) is 0 Å². The third kappa shape index (κ3) is 2.93. The number of nitrogens with two attached hydrogens (primary N) is 1. The molecule has 1 spiro atoms. The Balaban J connectivity index is 1.52. The highest BCUT2D eigenvalue weighted by molar-refractivity contribution is 5.74. The van der Waals surface area contributed by atoms with Crippen LogP contribution in [0.15, 0.2) is 0 Å². The summed E-state index contributed by atoms with van der Waals surface area (Å²) in [6.07, 6.45) is 7.85. The van der Waals surface area contributed by atoms with E-state index >= 15 is 0 Å². The first-order valence-electron chi connectivity index (χ1n) is 8.00. The minimum absolute atomic E-state index is 0.0615. The molecule has 2 aliphatic heterocycles. The summed E-state index contributed by atoms with van der Waals surface area (Å²) in [5, 5.41) is 3.04. The Morgan fingerprint density at radius 2 is 2.00 bits per heavy atom. The molecule has 1 aliphatic carbocycles. The van der Waals surface area contributed by atoms with Crippen LogP contribution in [0.25, 0.3) is 0 Å². The van der Waals surface area contributed by atoms with Gasteiger partial charge in [0.25, 0.3) is 0 Å². The van der Waals surface area contributed by atoms with Gasteiger partial charge in [0.15, 0.2) is 0 Å². The Morgan fingerprint density at radius 1 is 1.20 bits per heavy atom. The molecule has 1 atom stereocenters. The maximum Gasteiger partial charge on any atom is 0.317 e. The maximum absolute atomic E-state index is 12.3. The van der Waals surface area contributed by atoms with Crippen LogP contribution in [-0.2, 0) is 4.74 Å². The molecule has 3 aliphatic rings. The highest BCUT2D eigenvalue weighted by Crippen LogP contribution is 2.37. The van der Waals surface area contributed by atoms with E-state index in [1.165, 1.54) is 19.3 Å². The number of likely N-dealkylation sites (tertiary alicyclic amines) is 1. The molecule has 3 rings (SSSR count). The number of urea groups is 1. The summed E-state index contributed by atoms with van der Waals surface area (Å²) in [6, 6.07) is 0.0615. The van der Waals surface area contributed by atoms with Gasteiger partial charge in [0.05, 0.1) is 6.61 Å². The summed E-state index contributed by atoms with van der Waals surface area (Å²) >= 11 is 0. The largest absolute Gasteiger partial charge is 0.381 e. The number of carbonyl (C=O) groups is 1. The molecule has 1 saturated carbocycles. The molecule has 0 aromatic heterocycles. The Labute approximate surface area is 121 Å². The number of amides is 2. The minimum Gasteiger partial charge on any atom is -0.381 e. The lowest BCUT2D eigenvalue weighted by molar-refractivity contribution is -0.0405. The van der Waals surface area contributed by atoms with Crippen molar-refractivity contribution in [1.82, 2.24) is 10.2 Å². The second kappa shape index (κ2) is 5.53. The van der Waals surface area contributed by atoms with Gasteiger partial charge in [-0.05, 0) is 44.9 Å². The van der Waals surface area contributed by atoms with Crippen LogP contribution in [-0.4, -0.2) is 49.3 Å². The number of rotatable bonds is 2. The van der Waals surface area contributed by atoms with E-state index in [9.17, 15) is 4.79 Å². The summed E-state index contributed by atoms with van der Waals surface area (Å²) < 4.78 is 5.65. The van der Waals surface area contributed by atoms with Gasteiger partial charge >= 0.3 is 6.03 Å². The molecule has 3 fully saturated rings. The van der Waals surface area contributed by atoms with E-state index in [1.807, 2.05) is 4.90 Å². The summed E-state index contributed by atoms with van der Waals surface area (Å²) in [7, 11) is 0. The lowest BCUT2D eigenvalue weighted by Gasteiger charge is -2.45. The molecule has 0 bridgehead atoms. The minimum atomic E-state index is -0.142. The van der Waals surface area contributed by atoms with Crippen molar-refractivity contribution in [2.75, 3.05) is 32.8 Å². The third-order valence-electron chi connectivity index (χ3n) is 5.29. The van der Waals surface area contributed by atoms with Gasteiger partial charge < -0.3 is 20.7 Å². The van der Waals surface area contributed by atoms with Crippen molar-refractivity contribution < 1.29 is 9.53 Å². The van der Waals surface area contributed by atoms with Gasteiger partial charge in [0.1, 0.15) is 0 Å². The third-order valence-corrected chi connectivity index (χ3v) is 5.29. The molecule has 0 aromatic rings. The van der Waals surface area contributed by atoms with E-state index in [1.54, 1.807) is 0 Å². The van der Waals surface area contributed by atoms with Crippen molar-refractivity contribution in [1.29, 1.82) is 0 Å². The summed E-state index contributed by atoms with van der Waals surface area (Å²) in [6.45, 7) is 4.02. The first kappa shape index (κ1) is 14.1. The number of carbonyl (C=O) groups excluding carboxylic acids is 1. The predicted octanol–water partition coefficient (Wildman–Crippen LogP) is 1.47. The van der Waals surface area contributed by atoms with Crippen LogP contribution < -0.4 is 11.1 Å². The summed E-state index contributed by atoms with van der Waals surface area (Å²) in [5.74, 6) is 0. The van der Waals surface area contributed by atoms with Crippen LogP contribution in [0.5, 0.6) is 0 Å². The molecular formula is C15H27N3O2. The first-order chi connectivity index (χ1) is 9.61. The van der Waals surface area contributed by atoms with Crippen LogP contribution >= 0.6 is 0 Å². The van der Waals surface area contributed by atoms with E-state index in [2.05, 4.69) is 5.32 Å². The Kier molecular flexibility index (Phi) is 3.91. The molecule has 2 saturated heterocycles. The lowest BCUT2D eigenvalue weighted by atomic mass is 9.76. The Morgan fingerprint density at radius 3 is 2.65 bits per heavy atom. The van der Waals surface area contributed by atoms with Crippen LogP contribution in [0.1, 0.15) is 44.9 Å². The van der Waals surface area contributed by atoms with Crippen molar-refractivity contribution in [2.45, 2.75) is 50.5 Å². The van der Waals surface area contributed by atoms with Gasteiger partial charge in [-0.15, -0.1) is 0 Å². The number of nitrogens with one attached hydrogen (secondary N) is 1. The topological polar surface area (TPSA) is 67.6 Å². The number of hydrogen-bond acceptors (Lipinski definition) is 3. The molecule has 5 heteroatoms. The van der Waals surface area contributed by atoms with E-state index in [4.69, 9.17) is 10.5 Å². The van der Waals surface area contributed by atoms with E-state index in [-0.39, 0.29) is 17.0 Å². The molecule has 114 valence electrons. The molecule has 20 heavy (non-hydrogen) atoms. The monoisotopic (exact) mass is 281 g/mol. The number of piperidine rings is 1. The average Bonchev–Trinajstić information content (AvgIpc) is 2.43. The highest BCUT2D eigenvalue weighted by Gasteiger charge is 2.39. The second-order valence-electron chi connectivity index (χ2n) is 7.06. The van der Waals surface area contributed by atoms with Crippen LogP contribution in [0, 0.1) is 5.41 Å². The van der Waals surface area contributed by atoms with Crippen molar-refractivity contribution in [3.63, 3.8) is 0 Å². The van der Waals surface area contributed by atoms with Gasteiger partial charge in [-0.25, -0.2) is 4.79 Å². The second-order valence-corrected chi connectivity index (χ2v) is 7.06. The average molecular weight is 281 g/mol. The fourth-order valence-electron chi connectivity index (χ4n) is 3.78. The first-order valence-corrected chi connectivity index (χ1v) is 8.00. The number of hydrogen-bond donors (Lipinski definition) is 2. The fourth-order valence-corrected chi connectivity index (χ4v) is 3.78. The van der Waals surface area contributed by atoms with E-state index in [0.29, 0.717) is 6.54 Å². The normalized spacial score (nSPS) is 32.8. The number of ether oxygens (including phenoxy) is 1. The van der Waals surface area contributed by atoms with Crippen molar-refractivity contribution >= 4 is 6.03 Å². The van der Waals surface area contributed by atoms with Crippen LogP contribution in [0.2, 0.25) is 0 Å². The summed E-state index contributed by atoms with van der Waals surface area (Å²) in [4.78, 5) is 14.3. The standard InChI is InChI=1S/C15H27N3O2/c16-15(6-1-7-15)10-17-13(19)18-8-2-4-14(11-18)5-3-9-20-12-14/h1-12,16H2,(H,17,19). The van der Waals surface area contributed by atoms with Crippen molar-refractivity contribution in [3.05, 3.63) is 0 Å². The molecule has 0 radical (unpaired) electrons. The summed E-state index contributed by atoms with van der Waals surface area (Å²) in [5.41, 5.74) is 6.23. The molecule has 2 amide bonds. The van der Waals surface area contributed by atoms with Gasteiger partial charge in [-0.3, -0.25) is 0 Å². The van der Waals surface area contributed by atoms with Gasteiger partial charge in [-0.2, -0.15) is 0 Å². The molecule has 5 nitrogen and oxygen atoms in total. The molecule has 0 aromatic carbocycles.